The Bertz CT molecular complexity index is 1910. The molecule has 0 saturated carbocycles. The molecule has 0 saturated heterocycles. The van der Waals surface area contributed by atoms with Gasteiger partial charge in [-0.2, -0.15) is 0 Å². The van der Waals surface area contributed by atoms with Crippen LogP contribution in [-0.4, -0.2) is 81.8 Å². The van der Waals surface area contributed by atoms with Crippen LogP contribution in [0.25, 0.3) is 0 Å². The molecular weight excluding hydrogens is 729 g/mol. The first-order valence-corrected chi connectivity index (χ1v) is 20.2. The molecule has 5 heterocycles. The van der Waals surface area contributed by atoms with Gasteiger partial charge in [-0.05, 0) is 51.0 Å². The second-order valence-corrected chi connectivity index (χ2v) is 16.4. The van der Waals surface area contributed by atoms with Crippen LogP contribution in [0.5, 0.6) is 0 Å². The number of hydrogen-bond donors (Lipinski definition) is 4. The third-order valence-corrected chi connectivity index (χ3v) is 11.8. The predicted octanol–water partition coefficient (Wildman–Crippen LogP) is 4.55. The molecule has 0 spiro atoms. The molecule has 3 aliphatic heterocycles. The predicted molar refractivity (Wildman–Crippen MR) is 207 cm³/mol. The number of aliphatic imine (C=N–C) groups is 2. The third-order valence-electron chi connectivity index (χ3n) is 9.78. The average molecular weight is 777 g/mol. The number of nitrogens with one attached hydrogen (secondary N) is 4. The molecular formula is C38H48N8O6S2. The van der Waals surface area contributed by atoms with Crippen LogP contribution in [0.3, 0.4) is 0 Å². The van der Waals surface area contributed by atoms with Crippen LogP contribution in [0.1, 0.15) is 110 Å². The maximum Gasteiger partial charge on any atom is 0.271 e. The van der Waals surface area contributed by atoms with Crippen molar-refractivity contribution in [3.05, 3.63) is 68.1 Å². The van der Waals surface area contributed by atoms with Crippen LogP contribution in [0.2, 0.25) is 0 Å². The summed E-state index contributed by atoms with van der Waals surface area (Å²) < 4.78 is 12.3. The van der Waals surface area contributed by atoms with Gasteiger partial charge in [-0.25, -0.2) is 20.0 Å². The molecule has 288 valence electrons. The van der Waals surface area contributed by atoms with E-state index in [1.54, 1.807) is 31.5 Å². The Labute approximate surface area is 323 Å². The molecule has 54 heavy (non-hydrogen) atoms. The molecule has 0 aliphatic carbocycles. The highest BCUT2D eigenvalue weighted by molar-refractivity contribution is 7.10. The van der Waals surface area contributed by atoms with Gasteiger partial charge in [0.2, 0.25) is 23.6 Å². The Balaban J connectivity index is 1.37. The lowest BCUT2D eigenvalue weighted by atomic mass is 9.98. The summed E-state index contributed by atoms with van der Waals surface area (Å²) in [6, 6.07) is 5.63. The lowest BCUT2D eigenvalue weighted by Crippen LogP contribution is -2.45. The van der Waals surface area contributed by atoms with Crippen molar-refractivity contribution >= 4 is 58.1 Å². The van der Waals surface area contributed by atoms with E-state index in [1.807, 2.05) is 58.0 Å². The molecule has 9 unspecified atom stereocenters. The largest absolute Gasteiger partial charge is 0.474 e. The quantitative estimate of drug-likeness (QED) is 0.281. The number of benzene rings is 1. The second-order valence-electron chi connectivity index (χ2n) is 14.6. The van der Waals surface area contributed by atoms with E-state index in [1.165, 1.54) is 22.7 Å². The van der Waals surface area contributed by atoms with Gasteiger partial charge in [-0.1, -0.05) is 64.4 Å². The van der Waals surface area contributed by atoms with Crippen LogP contribution in [0, 0.1) is 11.8 Å². The van der Waals surface area contributed by atoms with Crippen molar-refractivity contribution in [2.75, 3.05) is 0 Å². The van der Waals surface area contributed by atoms with Gasteiger partial charge in [0.15, 0.2) is 12.1 Å². The number of ether oxygens (including phenoxy) is 2. The van der Waals surface area contributed by atoms with Crippen molar-refractivity contribution in [3.63, 3.8) is 0 Å². The highest BCUT2D eigenvalue weighted by atomic mass is 32.1. The van der Waals surface area contributed by atoms with Gasteiger partial charge >= 0.3 is 0 Å². The van der Waals surface area contributed by atoms with Crippen molar-refractivity contribution in [2.24, 2.45) is 21.8 Å². The van der Waals surface area contributed by atoms with Crippen LogP contribution in [0.4, 0.5) is 0 Å². The minimum atomic E-state index is -0.888. The van der Waals surface area contributed by atoms with Crippen LogP contribution in [0.15, 0.2) is 51.1 Å². The van der Waals surface area contributed by atoms with E-state index in [-0.39, 0.29) is 46.8 Å². The zero-order valence-electron chi connectivity index (χ0n) is 31.5. The molecule has 3 aliphatic rings. The fraction of sp³-hybridized carbons (Fsp3) is 0.526. The first-order chi connectivity index (χ1) is 25.8. The maximum atomic E-state index is 14.0. The van der Waals surface area contributed by atoms with Crippen LogP contribution >= 0.6 is 22.7 Å². The van der Waals surface area contributed by atoms with Crippen molar-refractivity contribution < 1.29 is 28.7 Å². The topological polar surface area (TPSA) is 185 Å². The Morgan fingerprint density at radius 1 is 0.722 bits per heavy atom. The maximum absolute atomic E-state index is 14.0. The minimum Gasteiger partial charge on any atom is -0.474 e. The third kappa shape index (κ3) is 8.81. The molecule has 6 rings (SSSR count). The number of thiazole rings is 2. The van der Waals surface area contributed by atoms with E-state index >= 15 is 0 Å². The Hall–Kier alpha value is -4.70. The van der Waals surface area contributed by atoms with Gasteiger partial charge in [0.1, 0.15) is 45.7 Å². The van der Waals surface area contributed by atoms with E-state index in [2.05, 4.69) is 31.2 Å². The smallest absolute Gasteiger partial charge is 0.271 e. The summed E-state index contributed by atoms with van der Waals surface area (Å²) in [5.41, 5.74) is 1.35. The summed E-state index contributed by atoms with van der Waals surface area (Å²) in [6.45, 7) is 13.4. The molecule has 1 aromatic carbocycles. The monoisotopic (exact) mass is 776 g/mol. The number of fused-ring (bicyclic) bond motifs is 6. The summed E-state index contributed by atoms with van der Waals surface area (Å²) in [6.07, 6.45) is 0.442. The van der Waals surface area contributed by atoms with Gasteiger partial charge in [0.05, 0.1) is 12.1 Å². The van der Waals surface area contributed by atoms with Gasteiger partial charge in [0, 0.05) is 10.8 Å². The molecule has 0 fully saturated rings. The lowest BCUT2D eigenvalue weighted by Gasteiger charge is -2.24. The zero-order chi connectivity index (χ0) is 38.7. The molecule has 16 heteroatoms. The van der Waals surface area contributed by atoms with Gasteiger partial charge in [-0.15, -0.1) is 22.7 Å². The second kappa shape index (κ2) is 16.8. The zero-order valence-corrected chi connectivity index (χ0v) is 33.1. The minimum absolute atomic E-state index is 0.0801. The molecule has 3 aromatic rings. The molecule has 14 nitrogen and oxygen atoms in total. The molecule has 0 radical (unpaired) electrons. The van der Waals surface area contributed by atoms with E-state index in [9.17, 15) is 19.2 Å². The van der Waals surface area contributed by atoms with Crippen molar-refractivity contribution in [1.29, 1.82) is 0 Å². The number of aromatic nitrogens is 2. The van der Waals surface area contributed by atoms with Crippen molar-refractivity contribution in [2.45, 2.75) is 116 Å². The number of carbonyl (C=O) groups excluding carboxylic acids is 4. The summed E-state index contributed by atoms with van der Waals surface area (Å²) in [5.74, 6) is -0.939. The SMILES string of the molecule is CCC(C)C1NC(=O)c2csc(n2)C(C)NC(=O)C2N=C(OC2C)C(CC(C)C)NC(=O)c2csc(n2)C(Cc2ccccc2)NC(=O)C2N=C1OC2C. The fourth-order valence-electron chi connectivity index (χ4n) is 6.56. The molecule has 8 bridgehead atoms. The summed E-state index contributed by atoms with van der Waals surface area (Å²) in [4.78, 5) is 73.6. The van der Waals surface area contributed by atoms with Gasteiger partial charge in [0.25, 0.3) is 11.8 Å². The number of rotatable bonds is 6. The fourth-order valence-corrected chi connectivity index (χ4v) is 8.21. The summed E-state index contributed by atoms with van der Waals surface area (Å²) in [7, 11) is 0. The van der Waals surface area contributed by atoms with E-state index in [4.69, 9.17) is 19.5 Å². The molecule has 2 aromatic heterocycles. The summed E-state index contributed by atoms with van der Waals surface area (Å²) in [5, 5.41) is 16.6. The number of hydrogen-bond acceptors (Lipinski definition) is 12. The molecule has 9 atom stereocenters. The Morgan fingerprint density at radius 2 is 1.30 bits per heavy atom. The summed E-state index contributed by atoms with van der Waals surface area (Å²) >= 11 is 2.53. The Kier molecular flexibility index (Phi) is 12.1. The number of amides is 4. The normalized spacial score (nSPS) is 28.4. The number of nitrogens with zero attached hydrogens (tertiary/aromatic N) is 4. The number of carbonyl (C=O) groups is 4. The first kappa shape index (κ1) is 39.0. The van der Waals surface area contributed by atoms with Crippen molar-refractivity contribution in [3.8, 4) is 0 Å². The molecule has 4 N–H and O–H groups in total. The highest BCUT2D eigenvalue weighted by Crippen LogP contribution is 2.27. The van der Waals surface area contributed by atoms with Crippen molar-refractivity contribution in [1.82, 2.24) is 31.2 Å². The van der Waals surface area contributed by atoms with Crippen LogP contribution < -0.4 is 21.3 Å². The van der Waals surface area contributed by atoms with E-state index < -0.39 is 60.3 Å². The Morgan fingerprint density at radius 3 is 1.94 bits per heavy atom. The first-order valence-electron chi connectivity index (χ1n) is 18.5. The standard InChI is InChI=1S/C38H48N8O6S2/c1-8-19(4)28-36-46-30(22(7)52-36)34(50)41-25(15-23-12-10-9-11-13-23)38-43-26(17-54-38)31(47)40-24(14-18(2)3)35-45-29(21(6)51-35)33(49)39-20(5)37-42-27(16-53-37)32(48)44-28/h9-13,16-22,24-25,28-30H,8,14-15H2,1-7H3,(H,39,49)(H,40,47)(H,41,50)(H,44,48). The van der Waals surface area contributed by atoms with Crippen LogP contribution in [-0.2, 0) is 25.5 Å². The average Bonchev–Trinajstić information content (AvgIpc) is 3.96. The lowest BCUT2D eigenvalue weighted by molar-refractivity contribution is -0.125. The van der Waals surface area contributed by atoms with Gasteiger partial charge < -0.3 is 30.7 Å². The molecule has 4 amide bonds. The van der Waals surface area contributed by atoms with E-state index in [0.29, 0.717) is 29.3 Å². The van der Waals surface area contributed by atoms with Gasteiger partial charge in [-0.3, -0.25) is 19.2 Å². The van der Waals surface area contributed by atoms with E-state index in [0.717, 1.165) is 5.56 Å². The highest BCUT2D eigenvalue weighted by Gasteiger charge is 2.41.